The van der Waals surface area contributed by atoms with Gasteiger partial charge in [-0.15, -0.1) is 0 Å². The summed E-state index contributed by atoms with van der Waals surface area (Å²) in [5, 5.41) is 10.9. The molecule has 0 unspecified atom stereocenters. The van der Waals surface area contributed by atoms with Gasteiger partial charge in [0.25, 0.3) is 0 Å². The molecule has 194 valence electrons. The summed E-state index contributed by atoms with van der Waals surface area (Å²) in [7, 11) is 3.02. The van der Waals surface area contributed by atoms with Crippen LogP contribution >= 0.6 is 0 Å². The molecule has 8 nitrogen and oxygen atoms in total. The largest absolute Gasteiger partial charge is 0.507 e. The first kappa shape index (κ1) is 25.0. The van der Waals surface area contributed by atoms with E-state index in [2.05, 4.69) is 6.58 Å². The lowest BCUT2D eigenvalue weighted by Crippen LogP contribution is -2.22. The number of hydrogen-bond acceptors (Lipinski definition) is 8. The third-order valence-electron chi connectivity index (χ3n) is 6.43. The second-order valence-corrected chi connectivity index (χ2v) is 9.07. The number of para-hydroxylation sites is 1. The summed E-state index contributed by atoms with van der Waals surface area (Å²) in [6.45, 7) is 6.05. The summed E-state index contributed by atoms with van der Waals surface area (Å²) in [6, 6.07) is 13.7. The van der Waals surface area contributed by atoms with Crippen molar-refractivity contribution in [2.75, 3.05) is 20.8 Å². The van der Waals surface area contributed by atoms with Gasteiger partial charge in [-0.2, -0.15) is 0 Å². The average Bonchev–Trinajstić information content (AvgIpc) is 2.91. The van der Waals surface area contributed by atoms with Gasteiger partial charge in [0.1, 0.15) is 41.1 Å². The van der Waals surface area contributed by atoms with Crippen LogP contribution < -0.4 is 24.4 Å². The molecule has 0 radical (unpaired) electrons. The van der Waals surface area contributed by atoms with Crippen molar-refractivity contribution in [3.05, 3.63) is 88.3 Å². The molecule has 0 amide bonds. The molecule has 1 N–H and O–H groups in total. The van der Waals surface area contributed by atoms with Gasteiger partial charge in [0.2, 0.25) is 5.43 Å². The summed E-state index contributed by atoms with van der Waals surface area (Å²) in [6.07, 6.45) is 1.34. The first-order valence-corrected chi connectivity index (χ1v) is 11.9. The Balaban J connectivity index is 1.71. The van der Waals surface area contributed by atoms with E-state index in [1.807, 2.05) is 31.2 Å². The van der Waals surface area contributed by atoms with Crippen molar-refractivity contribution < 1.29 is 33.3 Å². The maximum absolute atomic E-state index is 13.7. The lowest BCUT2D eigenvalue weighted by molar-refractivity contribution is -0.135. The van der Waals surface area contributed by atoms with E-state index in [0.717, 1.165) is 11.1 Å². The van der Waals surface area contributed by atoms with E-state index in [0.29, 0.717) is 35.0 Å². The van der Waals surface area contributed by atoms with Crippen molar-refractivity contribution in [1.82, 2.24) is 0 Å². The molecule has 0 fully saturated rings. The molecule has 0 saturated carbocycles. The minimum atomic E-state index is -0.536. The quantitative estimate of drug-likeness (QED) is 0.194. The zero-order chi connectivity index (χ0) is 27.0. The number of fused-ring (bicyclic) bond motifs is 3. The molecule has 0 aliphatic carbocycles. The van der Waals surface area contributed by atoms with Crippen molar-refractivity contribution in [2.24, 2.45) is 0 Å². The molecule has 0 saturated heterocycles. The van der Waals surface area contributed by atoms with Crippen LogP contribution in [0.1, 0.15) is 30.4 Å². The smallest absolute Gasteiger partial charge is 0.312 e. The molecular formula is C30H26O8. The first-order chi connectivity index (χ1) is 18.3. The monoisotopic (exact) mass is 514 g/mol. The first-order valence-electron chi connectivity index (χ1n) is 11.9. The number of phenolic OH excluding ortho intramolecular Hbond substituents is 1. The number of hydrogen-bond donors (Lipinski definition) is 1. The van der Waals surface area contributed by atoms with Crippen molar-refractivity contribution >= 4 is 16.9 Å². The molecule has 2 heterocycles. The molecule has 0 bridgehead atoms. The van der Waals surface area contributed by atoms with Gasteiger partial charge >= 0.3 is 5.97 Å². The number of aromatic hydroxyl groups is 1. The average molecular weight is 515 g/mol. The van der Waals surface area contributed by atoms with Crippen molar-refractivity contribution in [3.63, 3.8) is 0 Å². The number of carbonyl (C=O) groups excluding carboxylic acids is 1. The van der Waals surface area contributed by atoms with Gasteiger partial charge in [0, 0.05) is 23.1 Å². The van der Waals surface area contributed by atoms with Crippen LogP contribution in [0.2, 0.25) is 0 Å². The summed E-state index contributed by atoms with van der Waals surface area (Å²) >= 11 is 0. The number of ether oxygens (including phenoxy) is 4. The molecule has 1 aliphatic heterocycles. The number of carbonyl (C=O) groups is 1. The Morgan fingerprint density at radius 1 is 1.05 bits per heavy atom. The Kier molecular flexibility index (Phi) is 6.55. The normalized spacial score (nSPS) is 14.5. The topological polar surface area (TPSA) is 104 Å². The molecule has 8 heteroatoms. The number of rotatable bonds is 7. The van der Waals surface area contributed by atoms with E-state index < -0.39 is 17.3 Å². The molecule has 5 rings (SSSR count). The zero-order valence-electron chi connectivity index (χ0n) is 21.2. The van der Waals surface area contributed by atoms with E-state index >= 15 is 0 Å². The Labute approximate surface area is 218 Å². The second kappa shape index (κ2) is 9.97. The van der Waals surface area contributed by atoms with E-state index in [1.165, 1.54) is 26.5 Å². The molecular weight excluding hydrogens is 488 g/mol. The number of benzene rings is 3. The standard InChI is InChI=1S/C30H26O8/c1-16(2)14-36-22-8-6-5-7-18(22)19-12-26(32)38-25-13-21(31)28-29(33)20(15-37-30(28)27(19)25)17-9-10-23(34-3)24(11-17)35-4/h5-11,13,15,19,31H,1,12,14H2,2-4H3/t19-/m1/s1. The van der Waals surface area contributed by atoms with Gasteiger partial charge in [-0.3, -0.25) is 9.59 Å². The fraction of sp³-hybridized carbons (Fsp3) is 0.200. The fourth-order valence-electron chi connectivity index (χ4n) is 4.70. The predicted molar refractivity (Wildman–Crippen MR) is 142 cm³/mol. The molecule has 38 heavy (non-hydrogen) atoms. The highest BCUT2D eigenvalue weighted by molar-refractivity contribution is 5.94. The highest BCUT2D eigenvalue weighted by Crippen LogP contribution is 2.47. The van der Waals surface area contributed by atoms with Crippen LogP contribution in [0.4, 0.5) is 0 Å². The summed E-state index contributed by atoms with van der Waals surface area (Å²) < 4.78 is 28.1. The maximum Gasteiger partial charge on any atom is 0.312 e. The van der Waals surface area contributed by atoms with E-state index in [1.54, 1.807) is 18.2 Å². The second-order valence-electron chi connectivity index (χ2n) is 9.07. The van der Waals surface area contributed by atoms with Crippen LogP contribution in [-0.2, 0) is 4.79 Å². The number of phenols is 1. The van der Waals surface area contributed by atoms with Crippen molar-refractivity contribution in [3.8, 4) is 39.9 Å². The Morgan fingerprint density at radius 2 is 1.82 bits per heavy atom. The maximum atomic E-state index is 13.7. The Bertz CT molecular complexity index is 1630. The van der Waals surface area contributed by atoms with Crippen LogP contribution in [0.5, 0.6) is 28.7 Å². The zero-order valence-corrected chi connectivity index (χ0v) is 21.2. The van der Waals surface area contributed by atoms with Gasteiger partial charge in [-0.25, -0.2) is 0 Å². The predicted octanol–water partition coefficient (Wildman–Crippen LogP) is 5.58. The van der Waals surface area contributed by atoms with E-state index in [4.69, 9.17) is 23.4 Å². The molecule has 1 aliphatic rings. The third-order valence-corrected chi connectivity index (χ3v) is 6.43. The van der Waals surface area contributed by atoms with Crippen molar-refractivity contribution in [2.45, 2.75) is 19.3 Å². The van der Waals surface area contributed by atoms with Gasteiger partial charge < -0.3 is 28.5 Å². The van der Waals surface area contributed by atoms with E-state index in [-0.39, 0.29) is 34.5 Å². The van der Waals surface area contributed by atoms with Gasteiger partial charge in [-0.1, -0.05) is 30.8 Å². The number of methoxy groups -OCH3 is 2. The summed E-state index contributed by atoms with van der Waals surface area (Å²) in [4.78, 5) is 26.3. The minimum absolute atomic E-state index is 0.00145. The highest BCUT2D eigenvalue weighted by atomic mass is 16.5. The molecule has 1 atom stereocenters. The van der Waals surface area contributed by atoms with Crippen LogP contribution in [0.15, 0.2) is 76.2 Å². The molecule has 0 spiro atoms. The van der Waals surface area contributed by atoms with Crippen LogP contribution in [0, 0.1) is 0 Å². The lowest BCUT2D eigenvalue weighted by Gasteiger charge is -2.27. The van der Waals surface area contributed by atoms with Crippen molar-refractivity contribution in [1.29, 1.82) is 0 Å². The lowest BCUT2D eigenvalue weighted by atomic mass is 9.84. The fourth-order valence-corrected chi connectivity index (χ4v) is 4.70. The Hall–Kier alpha value is -4.72. The Morgan fingerprint density at radius 3 is 2.55 bits per heavy atom. The molecule has 3 aromatic carbocycles. The van der Waals surface area contributed by atoms with Crippen LogP contribution in [-0.4, -0.2) is 31.9 Å². The van der Waals surface area contributed by atoms with Gasteiger partial charge in [0.05, 0.1) is 26.2 Å². The minimum Gasteiger partial charge on any atom is -0.507 e. The third kappa shape index (κ3) is 4.34. The number of esters is 1. The van der Waals surface area contributed by atoms with Crippen LogP contribution in [0.25, 0.3) is 22.1 Å². The molecule has 4 aromatic rings. The SMILES string of the molecule is C=C(C)COc1ccccc1[C@H]1CC(=O)Oc2cc(O)c3c(=O)c(-c4ccc(OC)c(OC)c4)coc3c21. The summed E-state index contributed by atoms with van der Waals surface area (Å²) in [5.74, 6) is 0.300. The van der Waals surface area contributed by atoms with Gasteiger partial charge in [0.15, 0.2) is 11.5 Å². The van der Waals surface area contributed by atoms with E-state index in [9.17, 15) is 14.7 Å². The van der Waals surface area contributed by atoms with Gasteiger partial charge in [-0.05, 0) is 36.3 Å². The summed E-state index contributed by atoms with van der Waals surface area (Å²) in [5.41, 5.74) is 2.50. The van der Waals surface area contributed by atoms with Crippen LogP contribution in [0.3, 0.4) is 0 Å². The molecule has 1 aromatic heterocycles. The highest BCUT2D eigenvalue weighted by Gasteiger charge is 2.35.